The van der Waals surface area contributed by atoms with Crippen molar-refractivity contribution >= 4 is 23.9 Å². The highest BCUT2D eigenvalue weighted by Gasteiger charge is 2.64. The van der Waals surface area contributed by atoms with Crippen molar-refractivity contribution in [3.8, 4) is 12.3 Å². The molecule has 5 rings (SSSR count). The van der Waals surface area contributed by atoms with Gasteiger partial charge in [0.05, 0.1) is 22.3 Å². The molecule has 1 saturated heterocycles. The average Bonchev–Trinajstić information content (AvgIpc) is 3.35. The van der Waals surface area contributed by atoms with Gasteiger partial charge in [0.15, 0.2) is 6.10 Å². The number of carbonyl (C=O) groups excluding carboxylic acids is 4. The zero-order valence-corrected chi connectivity index (χ0v) is 23.2. The molecule has 0 N–H and O–H groups in total. The maximum atomic E-state index is 13.4. The van der Waals surface area contributed by atoms with Gasteiger partial charge >= 0.3 is 23.9 Å². The van der Waals surface area contributed by atoms with E-state index in [1.807, 2.05) is 0 Å². The van der Waals surface area contributed by atoms with E-state index in [1.54, 1.807) is 84.9 Å². The van der Waals surface area contributed by atoms with Gasteiger partial charge in [-0.25, -0.2) is 19.2 Å². The number of rotatable bonds is 9. The van der Waals surface area contributed by atoms with Crippen LogP contribution in [0.25, 0.3) is 0 Å². The van der Waals surface area contributed by atoms with Crippen LogP contribution in [-0.2, 0) is 23.7 Å². The van der Waals surface area contributed by atoms with Crippen LogP contribution in [0.3, 0.4) is 0 Å². The van der Waals surface area contributed by atoms with Gasteiger partial charge in [0, 0.05) is 0 Å². The number of ether oxygens (including phenoxy) is 5. The molecule has 9 nitrogen and oxygen atoms in total. The smallest absolute Gasteiger partial charge is 0.340 e. The number of benzene rings is 4. The average molecular weight is 591 g/mol. The standard InChI is InChI=1S/C35H26O9/c1-2-35(44-33(39)27-21-13-6-14-22-27)29(42-31(37)25-17-9-4-10-18-25)28(23-40-30(36)24-15-7-3-8-16-24)41-34(35)43-32(38)26-19-11-5-12-20-26/h1,3-22,28-29,34H,23H2/t28-,29-,34-,35-/m1/s1. The van der Waals surface area contributed by atoms with E-state index in [2.05, 4.69) is 5.92 Å². The monoisotopic (exact) mass is 590 g/mol. The fourth-order valence-corrected chi connectivity index (χ4v) is 4.53. The van der Waals surface area contributed by atoms with Gasteiger partial charge in [-0.05, 0) is 54.5 Å². The van der Waals surface area contributed by atoms with Crippen LogP contribution in [0.2, 0.25) is 0 Å². The molecule has 0 aliphatic carbocycles. The van der Waals surface area contributed by atoms with E-state index in [0.717, 1.165) is 0 Å². The summed E-state index contributed by atoms with van der Waals surface area (Å²) >= 11 is 0. The summed E-state index contributed by atoms with van der Waals surface area (Å²) in [6.45, 7) is -0.494. The minimum absolute atomic E-state index is 0.127. The van der Waals surface area contributed by atoms with Crippen LogP contribution in [0.1, 0.15) is 41.4 Å². The van der Waals surface area contributed by atoms with Crippen molar-refractivity contribution < 1.29 is 42.9 Å². The molecule has 44 heavy (non-hydrogen) atoms. The summed E-state index contributed by atoms with van der Waals surface area (Å²) in [5, 5.41) is 0. The Bertz CT molecular complexity index is 1650. The summed E-state index contributed by atoms with van der Waals surface area (Å²) in [5.41, 5.74) is -1.58. The SMILES string of the molecule is C#C[C@]1(OC(=O)c2ccccc2)[C@@H](OC(=O)c2ccccc2)O[C@H](COC(=O)c2ccccc2)[C@H]1OC(=O)c1ccccc1. The molecule has 0 radical (unpaired) electrons. The molecule has 0 saturated carbocycles. The highest BCUT2D eigenvalue weighted by atomic mass is 16.8. The van der Waals surface area contributed by atoms with E-state index in [0.29, 0.717) is 0 Å². The first kappa shape index (κ1) is 29.8. The van der Waals surface area contributed by atoms with Crippen LogP contribution < -0.4 is 0 Å². The Morgan fingerprint density at radius 2 is 1.02 bits per heavy atom. The molecule has 0 amide bonds. The van der Waals surface area contributed by atoms with Gasteiger partial charge in [0.25, 0.3) is 11.9 Å². The van der Waals surface area contributed by atoms with Crippen molar-refractivity contribution in [3.05, 3.63) is 144 Å². The Labute approximate surface area is 253 Å². The molecule has 4 aromatic carbocycles. The Kier molecular flexibility index (Phi) is 9.13. The zero-order chi connectivity index (χ0) is 30.9. The van der Waals surface area contributed by atoms with Crippen molar-refractivity contribution in [2.24, 2.45) is 0 Å². The Morgan fingerprint density at radius 3 is 1.48 bits per heavy atom. The second-order valence-corrected chi connectivity index (χ2v) is 9.63. The second-order valence-electron chi connectivity index (χ2n) is 9.63. The normalized spacial score (nSPS) is 20.5. The molecule has 0 bridgehead atoms. The predicted molar refractivity (Wildman–Crippen MR) is 156 cm³/mol. The Balaban J connectivity index is 1.52. The minimum atomic E-state index is -2.29. The van der Waals surface area contributed by atoms with Crippen LogP contribution in [0.15, 0.2) is 121 Å². The fourth-order valence-electron chi connectivity index (χ4n) is 4.53. The molecule has 1 aliphatic rings. The van der Waals surface area contributed by atoms with E-state index >= 15 is 0 Å². The molecule has 0 spiro atoms. The van der Waals surface area contributed by atoms with Crippen LogP contribution in [0, 0.1) is 12.3 Å². The predicted octanol–water partition coefficient (Wildman–Crippen LogP) is 4.88. The molecular formula is C35H26O9. The first-order valence-electron chi connectivity index (χ1n) is 13.6. The Morgan fingerprint density at radius 1 is 0.614 bits per heavy atom. The summed E-state index contributed by atoms with van der Waals surface area (Å²) < 4.78 is 28.9. The summed E-state index contributed by atoms with van der Waals surface area (Å²) in [5.74, 6) is -0.885. The molecule has 1 fully saturated rings. The maximum Gasteiger partial charge on any atom is 0.340 e. The number of terminal acetylenes is 1. The lowest BCUT2D eigenvalue weighted by atomic mass is 9.94. The molecule has 4 atom stereocenters. The van der Waals surface area contributed by atoms with Crippen molar-refractivity contribution in [1.82, 2.24) is 0 Å². The number of carbonyl (C=O) groups is 4. The quantitative estimate of drug-likeness (QED) is 0.153. The third-order valence-corrected chi connectivity index (χ3v) is 6.76. The van der Waals surface area contributed by atoms with Crippen molar-refractivity contribution in [1.29, 1.82) is 0 Å². The topological polar surface area (TPSA) is 114 Å². The van der Waals surface area contributed by atoms with Crippen LogP contribution in [0.4, 0.5) is 0 Å². The van der Waals surface area contributed by atoms with Gasteiger partial charge in [-0.15, -0.1) is 6.42 Å². The third kappa shape index (κ3) is 6.51. The lowest BCUT2D eigenvalue weighted by Crippen LogP contribution is -2.54. The second kappa shape index (κ2) is 13.5. The van der Waals surface area contributed by atoms with E-state index in [1.165, 1.54) is 36.4 Å². The van der Waals surface area contributed by atoms with Crippen molar-refractivity contribution in [2.75, 3.05) is 6.61 Å². The summed E-state index contributed by atoms with van der Waals surface area (Å²) in [6.07, 6.45) is 1.36. The van der Waals surface area contributed by atoms with Gasteiger partial charge in [0.2, 0.25) is 0 Å². The van der Waals surface area contributed by atoms with E-state index < -0.39 is 54.6 Å². The summed E-state index contributed by atoms with van der Waals surface area (Å²) in [6, 6.07) is 32.1. The van der Waals surface area contributed by atoms with Gasteiger partial charge in [-0.1, -0.05) is 72.8 Å². The van der Waals surface area contributed by atoms with E-state index in [-0.39, 0.29) is 22.3 Å². The number of hydrogen-bond acceptors (Lipinski definition) is 9. The molecule has 0 aromatic heterocycles. The fraction of sp³-hybridized carbons (Fsp3) is 0.143. The highest BCUT2D eigenvalue weighted by Crippen LogP contribution is 2.39. The van der Waals surface area contributed by atoms with Crippen LogP contribution in [0.5, 0.6) is 0 Å². The van der Waals surface area contributed by atoms with Crippen molar-refractivity contribution in [2.45, 2.75) is 24.1 Å². The van der Waals surface area contributed by atoms with Gasteiger partial charge in [0.1, 0.15) is 12.7 Å². The minimum Gasteiger partial charge on any atom is -0.459 e. The van der Waals surface area contributed by atoms with Crippen LogP contribution in [-0.4, -0.2) is 54.6 Å². The van der Waals surface area contributed by atoms with Crippen molar-refractivity contribution in [3.63, 3.8) is 0 Å². The molecule has 220 valence electrons. The number of hydrogen-bond donors (Lipinski definition) is 0. The maximum absolute atomic E-state index is 13.4. The first-order valence-corrected chi connectivity index (χ1v) is 13.6. The summed E-state index contributed by atoms with van der Waals surface area (Å²) in [7, 11) is 0. The van der Waals surface area contributed by atoms with E-state index in [4.69, 9.17) is 30.1 Å². The molecule has 0 unspecified atom stereocenters. The van der Waals surface area contributed by atoms with Gasteiger partial charge < -0.3 is 23.7 Å². The molecule has 4 aromatic rings. The molecule has 9 heteroatoms. The van der Waals surface area contributed by atoms with E-state index in [9.17, 15) is 19.2 Å². The lowest BCUT2D eigenvalue weighted by molar-refractivity contribution is -0.161. The molecule has 1 heterocycles. The van der Waals surface area contributed by atoms with Gasteiger partial charge in [-0.3, -0.25) is 0 Å². The molecule has 1 aliphatic heterocycles. The summed E-state index contributed by atoms with van der Waals surface area (Å²) in [4.78, 5) is 52.7. The zero-order valence-electron chi connectivity index (χ0n) is 23.2. The lowest BCUT2D eigenvalue weighted by Gasteiger charge is -2.32. The molecular weight excluding hydrogens is 564 g/mol. The first-order chi connectivity index (χ1) is 21.4. The van der Waals surface area contributed by atoms with Crippen LogP contribution >= 0.6 is 0 Å². The third-order valence-electron chi connectivity index (χ3n) is 6.76. The highest BCUT2D eigenvalue weighted by molar-refractivity contribution is 5.92. The Hall–Kier alpha value is -5.72. The number of esters is 4. The van der Waals surface area contributed by atoms with Gasteiger partial charge in [-0.2, -0.15) is 0 Å². The largest absolute Gasteiger partial charge is 0.459 e.